The van der Waals surface area contributed by atoms with E-state index in [0.29, 0.717) is 43.2 Å². The number of benzene rings is 3. The van der Waals surface area contributed by atoms with Gasteiger partial charge in [-0.1, -0.05) is 90.8 Å². The van der Waals surface area contributed by atoms with Crippen LogP contribution in [0.2, 0.25) is 0 Å². The summed E-state index contributed by atoms with van der Waals surface area (Å²) in [7, 11) is 0. The Bertz CT molecular complexity index is 2030. The van der Waals surface area contributed by atoms with E-state index in [9.17, 15) is 24.9 Å². The number of nitrogens with zero attached hydrogens (tertiary/aromatic N) is 2. The fourth-order valence-corrected chi connectivity index (χ4v) is 9.50. The average Bonchev–Trinajstić information content (AvgIpc) is 3.33. The van der Waals surface area contributed by atoms with Gasteiger partial charge in [-0.2, -0.15) is 0 Å². The molecule has 1 fully saturated rings. The van der Waals surface area contributed by atoms with Crippen LogP contribution in [0.4, 0.5) is 9.59 Å². The van der Waals surface area contributed by atoms with E-state index in [0.717, 1.165) is 47.9 Å². The van der Waals surface area contributed by atoms with Gasteiger partial charge in [0.15, 0.2) is 0 Å². The van der Waals surface area contributed by atoms with Crippen LogP contribution < -0.4 is 14.8 Å². The second-order valence-corrected chi connectivity index (χ2v) is 16.6. The van der Waals surface area contributed by atoms with E-state index >= 15 is 0 Å². The van der Waals surface area contributed by atoms with Crippen LogP contribution in [-0.4, -0.2) is 116 Å². The van der Waals surface area contributed by atoms with E-state index in [4.69, 9.17) is 38.4 Å². The molecule has 1 saturated carbocycles. The highest BCUT2D eigenvalue weighted by Crippen LogP contribution is 2.62. The Kier molecular flexibility index (Phi) is 19.9. The van der Waals surface area contributed by atoms with Crippen molar-refractivity contribution in [2.75, 3.05) is 65.9 Å². The molecule has 3 aliphatic rings. The van der Waals surface area contributed by atoms with Gasteiger partial charge >= 0.3 is 12.2 Å². The Morgan fingerprint density at radius 3 is 2.30 bits per heavy atom. The molecule has 0 spiro atoms. The summed E-state index contributed by atoms with van der Waals surface area (Å²) in [4.78, 5) is 35.3. The molecule has 6 rings (SSSR count). The third-order valence-corrected chi connectivity index (χ3v) is 12.3. The number of ether oxygens (including phenoxy) is 6. The van der Waals surface area contributed by atoms with Crippen molar-refractivity contribution in [1.82, 2.24) is 10.2 Å². The van der Waals surface area contributed by atoms with Gasteiger partial charge in [0.2, 0.25) is 5.79 Å². The number of carbonyl (C=O) groups excluding carboxylic acids is 2. The Labute approximate surface area is 388 Å². The molecule has 6 atom stereocenters. The summed E-state index contributed by atoms with van der Waals surface area (Å²) in [6.07, 6.45) is 7.01. The van der Waals surface area contributed by atoms with Crippen LogP contribution in [0.5, 0.6) is 11.5 Å². The van der Waals surface area contributed by atoms with Crippen molar-refractivity contribution in [2.24, 2.45) is 22.9 Å². The second-order valence-electron chi connectivity index (χ2n) is 16.6. The highest BCUT2D eigenvalue weighted by atomic mass is 16.7. The molecule has 0 aromatic heterocycles. The van der Waals surface area contributed by atoms with Gasteiger partial charge in [-0.3, -0.25) is 4.90 Å². The van der Waals surface area contributed by atoms with Gasteiger partial charge in [0.05, 0.1) is 51.3 Å². The molecule has 66 heavy (non-hydrogen) atoms. The first-order chi connectivity index (χ1) is 32.4. The molecule has 1 aliphatic heterocycles. The maximum atomic E-state index is 14.7. The van der Waals surface area contributed by atoms with Gasteiger partial charge in [-0.15, -0.1) is 6.58 Å². The number of allylic oxidation sites excluding steroid dienone is 1. The predicted molar refractivity (Wildman–Crippen MR) is 248 cm³/mol. The molecule has 4 N–H and O–H groups in total. The number of fused-ring (bicyclic) bond motifs is 2. The molecule has 358 valence electrons. The van der Waals surface area contributed by atoms with E-state index < -0.39 is 29.9 Å². The number of nitrogens with one attached hydrogen (secondary N) is 1. The lowest BCUT2D eigenvalue weighted by molar-refractivity contribution is -0.256. The first-order valence-corrected chi connectivity index (χ1v) is 23.3. The predicted octanol–water partition coefficient (Wildman–Crippen LogP) is 7.29. The Hall–Kier alpha value is -5.29. The minimum Gasteiger partial charge on any atom is -0.459 e. The molecule has 2 aliphatic carbocycles. The number of aliphatic hydroxyl groups is 3. The average molecular weight is 914 g/mol. The van der Waals surface area contributed by atoms with E-state index in [-0.39, 0.29) is 90.2 Å². The van der Waals surface area contributed by atoms with Crippen LogP contribution in [0.15, 0.2) is 108 Å². The van der Waals surface area contributed by atoms with Crippen LogP contribution >= 0.6 is 0 Å². The first-order valence-electron chi connectivity index (χ1n) is 23.3. The molecule has 1 heterocycles. The van der Waals surface area contributed by atoms with Crippen molar-refractivity contribution < 1.29 is 58.2 Å². The third kappa shape index (κ3) is 13.0. The molecule has 0 unspecified atom stereocenters. The van der Waals surface area contributed by atoms with Crippen LogP contribution in [0.1, 0.15) is 74.5 Å². The van der Waals surface area contributed by atoms with Crippen LogP contribution in [0.3, 0.4) is 0 Å². The van der Waals surface area contributed by atoms with E-state index in [1.807, 2.05) is 73.7 Å². The fraction of sp³-hybridized carbons (Fsp3) is 0.510. The molecule has 0 bridgehead atoms. The Balaban J connectivity index is 1.50. The molecule has 2 amide bonds. The van der Waals surface area contributed by atoms with Crippen LogP contribution in [0, 0.1) is 17.8 Å². The number of aliphatic hydroxyl groups excluding tert-OH is 3. The molecule has 15 heteroatoms. The van der Waals surface area contributed by atoms with Crippen LogP contribution in [-0.2, 0) is 37.0 Å². The van der Waals surface area contributed by atoms with Gasteiger partial charge in [0.1, 0.15) is 30.8 Å². The standard InChI is InChI=1S/C51H67N3O12/c1-3-27-63-51-46(54(23-28-60-29-26-57)50(59)62-31-30-61-35-37-15-7-5-8-16-37)34-44(53-64-36-38-17-9-6-10-18-38)42-32-39(19-11-13-24-55)41(20-12-14-25-56)47(48(42)51)43-33-40(21-22-45(43)66-51)65-49(58)52-4-2/h3,5-10,15-18,21-22,32-33,39,41,46-48,55-57H,1,4,11-14,19-20,23-31,34-36H2,2H3,(H,52,58)/t39-,41+,46-,47+,48+,51+/m0/s1. The molecular formula is C51H67N3O12. The number of amides is 2. The van der Waals surface area contributed by atoms with Crippen molar-refractivity contribution in [3.8, 4) is 11.5 Å². The Morgan fingerprint density at radius 1 is 0.879 bits per heavy atom. The number of unbranched alkanes of at least 4 members (excludes halogenated alkanes) is 2. The molecule has 0 saturated heterocycles. The summed E-state index contributed by atoms with van der Waals surface area (Å²) in [5, 5.41) is 37.1. The van der Waals surface area contributed by atoms with Crippen LogP contribution in [0.25, 0.3) is 0 Å². The van der Waals surface area contributed by atoms with E-state index in [2.05, 4.69) is 18.0 Å². The van der Waals surface area contributed by atoms with E-state index in [1.54, 1.807) is 23.1 Å². The monoisotopic (exact) mass is 913 g/mol. The maximum absolute atomic E-state index is 14.7. The highest BCUT2D eigenvalue weighted by molar-refractivity contribution is 6.03. The summed E-state index contributed by atoms with van der Waals surface area (Å²) in [6.45, 7) is 7.00. The lowest BCUT2D eigenvalue weighted by Crippen LogP contribution is -2.70. The zero-order chi connectivity index (χ0) is 46.6. The fourth-order valence-electron chi connectivity index (χ4n) is 9.50. The van der Waals surface area contributed by atoms with Crippen molar-refractivity contribution in [2.45, 2.75) is 82.8 Å². The van der Waals surface area contributed by atoms with Gasteiger partial charge < -0.3 is 53.9 Å². The van der Waals surface area contributed by atoms with Crippen molar-refractivity contribution in [1.29, 1.82) is 0 Å². The summed E-state index contributed by atoms with van der Waals surface area (Å²) >= 11 is 0. The second kappa shape index (κ2) is 26.2. The number of carbonyl (C=O) groups is 2. The van der Waals surface area contributed by atoms with E-state index in [1.165, 1.54) is 0 Å². The maximum Gasteiger partial charge on any atom is 0.412 e. The lowest BCUT2D eigenvalue weighted by atomic mass is 9.55. The molecule has 3 aromatic carbocycles. The normalized spacial score (nSPS) is 22.3. The van der Waals surface area contributed by atoms with Crippen molar-refractivity contribution in [3.05, 3.63) is 120 Å². The number of hydrogen-bond donors (Lipinski definition) is 4. The molecule has 3 aromatic rings. The molecular weight excluding hydrogens is 847 g/mol. The first kappa shape index (κ1) is 50.1. The highest BCUT2D eigenvalue weighted by Gasteiger charge is 2.65. The minimum absolute atomic E-state index is 0.0118. The molecule has 15 nitrogen and oxygen atoms in total. The number of rotatable bonds is 27. The minimum atomic E-state index is -1.57. The largest absolute Gasteiger partial charge is 0.459 e. The SMILES string of the molecule is C=CCO[C@@]12Oc3ccc(OC(=O)NCC)cc3[C@H]3[C@H](CCCCO)[C@@H](CCCCO)C=C(C(=NOCc4ccccc4)C[C@@H]1N(CCOCCO)C(=O)OCCOCc1ccccc1)[C@H]32. The number of oxime groups is 1. The van der Waals surface area contributed by atoms with Gasteiger partial charge in [0.25, 0.3) is 0 Å². The summed E-state index contributed by atoms with van der Waals surface area (Å²) in [5.74, 6) is -1.78. The van der Waals surface area contributed by atoms with Gasteiger partial charge in [-0.25, -0.2) is 9.59 Å². The van der Waals surface area contributed by atoms with Gasteiger partial charge in [0, 0.05) is 44.2 Å². The topological polar surface area (TPSA) is 187 Å². The zero-order valence-electron chi connectivity index (χ0n) is 38.1. The summed E-state index contributed by atoms with van der Waals surface area (Å²) < 4.78 is 37.8. The van der Waals surface area contributed by atoms with Gasteiger partial charge in [-0.05, 0) is 79.3 Å². The summed E-state index contributed by atoms with van der Waals surface area (Å²) in [5.41, 5.74) is 4.17. The smallest absolute Gasteiger partial charge is 0.412 e. The summed E-state index contributed by atoms with van der Waals surface area (Å²) in [6, 6.07) is 23.9. The quantitative estimate of drug-likeness (QED) is 0.0341. The lowest BCUT2D eigenvalue weighted by Gasteiger charge is -2.59. The zero-order valence-corrected chi connectivity index (χ0v) is 38.1. The number of hydrogen-bond acceptors (Lipinski definition) is 13. The third-order valence-electron chi connectivity index (χ3n) is 12.3. The van der Waals surface area contributed by atoms with Crippen molar-refractivity contribution >= 4 is 17.9 Å². The molecule has 0 radical (unpaired) electrons. The Morgan fingerprint density at radius 2 is 1.61 bits per heavy atom. The van der Waals surface area contributed by atoms with Crippen molar-refractivity contribution in [3.63, 3.8) is 0 Å².